The van der Waals surface area contributed by atoms with Crippen molar-refractivity contribution in [2.24, 2.45) is 0 Å². The van der Waals surface area contributed by atoms with Crippen molar-refractivity contribution in [1.82, 2.24) is 0 Å². The summed E-state index contributed by atoms with van der Waals surface area (Å²) in [4.78, 5) is 25.5. The Bertz CT molecular complexity index is 742. The smallest absolute Gasteiger partial charge is 0.226 e. The summed E-state index contributed by atoms with van der Waals surface area (Å²) in [5.41, 5.74) is 2.16. The molecule has 126 valence electrons. The van der Waals surface area contributed by atoms with Crippen LogP contribution in [0, 0.1) is 6.92 Å². The number of para-hydroxylation sites is 2. The van der Waals surface area contributed by atoms with Gasteiger partial charge in [0.05, 0.1) is 15.7 Å². The Hall–Kier alpha value is -2.04. The van der Waals surface area contributed by atoms with E-state index >= 15 is 0 Å². The lowest BCUT2D eigenvalue weighted by Gasteiger charge is -2.23. The van der Waals surface area contributed by atoms with Gasteiger partial charge in [-0.25, -0.2) is 0 Å². The first kappa shape index (κ1) is 18.3. The molecule has 2 rings (SSSR count). The van der Waals surface area contributed by atoms with Crippen LogP contribution in [0.1, 0.15) is 18.9 Å². The zero-order chi connectivity index (χ0) is 17.7. The van der Waals surface area contributed by atoms with E-state index in [0.29, 0.717) is 15.7 Å². The highest BCUT2D eigenvalue weighted by Gasteiger charge is 2.19. The Morgan fingerprint density at radius 1 is 1.04 bits per heavy atom. The van der Waals surface area contributed by atoms with Crippen molar-refractivity contribution >= 4 is 46.4 Å². The number of rotatable bonds is 5. The molecule has 4 nitrogen and oxygen atoms in total. The molecule has 0 spiro atoms. The first-order chi connectivity index (χ1) is 11.4. The average Bonchev–Trinajstić information content (AvgIpc) is 2.52. The predicted molar refractivity (Wildman–Crippen MR) is 98.9 cm³/mol. The Morgan fingerprint density at radius 3 is 2.25 bits per heavy atom. The molecule has 24 heavy (non-hydrogen) atoms. The molecule has 2 amide bonds. The second-order valence-corrected chi connectivity index (χ2v) is 6.17. The lowest BCUT2D eigenvalue weighted by molar-refractivity contribution is -0.117. The van der Waals surface area contributed by atoms with E-state index in [2.05, 4.69) is 5.32 Å². The van der Waals surface area contributed by atoms with E-state index in [1.807, 2.05) is 31.2 Å². The number of nitrogens with zero attached hydrogens (tertiary/aromatic N) is 1. The van der Waals surface area contributed by atoms with E-state index in [4.69, 9.17) is 23.2 Å². The molecule has 0 radical (unpaired) electrons. The Balaban J connectivity index is 2.08. The van der Waals surface area contributed by atoms with Crippen molar-refractivity contribution in [3.05, 3.63) is 58.1 Å². The fourth-order valence-electron chi connectivity index (χ4n) is 2.31. The van der Waals surface area contributed by atoms with Crippen LogP contribution in [0.4, 0.5) is 11.4 Å². The standard InChI is InChI=1S/C18H18Cl2N2O2/c1-12-6-3-4-9-16(12)21-17(24)10-11-22(13(2)23)18-14(19)7-5-8-15(18)20/h3-9H,10-11H2,1-2H3,(H,21,24). The number of benzene rings is 2. The average molecular weight is 365 g/mol. The number of carbonyl (C=O) groups excluding carboxylic acids is 2. The molecule has 0 saturated heterocycles. The Labute approximate surface area is 151 Å². The van der Waals surface area contributed by atoms with Crippen LogP contribution in [0.25, 0.3) is 0 Å². The monoisotopic (exact) mass is 364 g/mol. The molecule has 0 aliphatic carbocycles. The number of nitrogens with one attached hydrogen (secondary N) is 1. The molecule has 2 aromatic rings. The van der Waals surface area contributed by atoms with Crippen LogP contribution in [0.2, 0.25) is 10.0 Å². The minimum atomic E-state index is -0.228. The highest BCUT2D eigenvalue weighted by atomic mass is 35.5. The third-order valence-corrected chi connectivity index (χ3v) is 4.18. The molecular weight excluding hydrogens is 347 g/mol. The van der Waals surface area contributed by atoms with Gasteiger partial charge in [-0.05, 0) is 30.7 Å². The van der Waals surface area contributed by atoms with Gasteiger partial charge in [0.25, 0.3) is 0 Å². The fourth-order valence-corrected chi connectivity index (χ4v) is 2.91. The first-order valence-corrected chi connectivity index (χ1v) is 8.23. The summed E-state index contributed by atoms with van der Waals surface area (Å²) < 4.78 is 0. The molecule has 0 aromatic heterocycles. The van der Waals surface area contributed by atoms with E-state index in [1.165, 1.54) is 11.8 Å². The molecule has 0 fully saturated rings. The maximum absolute atomic E-state index is 12.2. The van der Waals surface area contributed by atoms with Gasteiger partial charge in [0.1, 0.15) is 0 Å². The van der Waals surface area contributed by atoms with Crippen molar-refractivity contribution < 1.29 is 9.59 Å². The summed E-state index contributed by atoms with van der Waals surface area (Å²) in [5, 5.41) is 3.59. The molecule has 0 bridgehead atoms. The topological polar surface area (TPSA) is 49.4 Å². The van der Waals surface area contributed by atoms with Crippen molar-refractivity contribution in [3.8, 4) is 0 Å². The molecule has 0 atom stereocenters. The molecule has 6 heteroatoms. The molecule has 0 aliphatic heterocycles. The van der Waals surface area contributed by atoms with Gasteiger partial charge < -0.3 is 10.2 Å². The molecule has 1 N–H and O–H groups in total. The number of halogens is 2. The summed E-state index contributed by atoms with van der Waals surface area (Å²) in [6.07, 6.45) is 0.134. The fraction of sp³-hybridized carbons (Fsp3) is 0.222. The van der Waals surface area contributed by atoms with E-state index in [1.54, 1.807) is 18.2 Å². The summed E-state index contributed by atoms with van der Waals surface area (Å²) in [6.45, 7) is 3.52. The van der Waals surface area contributed by atoms with Gasteiger partial charge in [0, 0.05) is 25.6 Å². The van der Waals surface area contributed by atoms with Crippen molar-refractivity contribution in [2.75, 3.05) is 16.8 Å². The maximum atomic E-state index is 12.2. The van der Waals surface area contributed by atoms with Gasteiger partial charge in [0.2, 0.25) is 11.8 Å². The summed E-state index contributed by atoms with van der Waals surface area (Å²) in [6, 6.07) is 12.5. The number of anilines is 2. The van der Waals surface area contributed by atoms with Crippen LogP contribution in [0.3, 0.4) is 0 Å². The lowest BCUT2D eigenvalue weighted by atomic mass is 10.2. The van der Waals surface area contributed by atoms with Gasteiger partial charge in [-0.3, -0.25) is 9.59 Å². The second-order valence-electron chi connectivity index (χ2n) is 5.35. The molecular formula is C18H18Cl2N2O2. The number of aryl methyl sites for hydroxylation is 1. The molecule has 0 aliphatic rings. The highest BCUT2D eigenvalue weighted by Crippen LogP contribution is 2.33. The lowest BCUT2D eigenvalue weighted by Crippen LogP contribution is -2.32. The first-order valence-electron chi connectivity index (χ1n) is 7.47. The molecule has 2 aromatic carbocycles. The summed E-state index contributed by atoms with van der Waals surface area (Å²) in [5.74, 6) is -0.410. The number of amides is 2. The summed E-state index contributed by atoms with van der Waals surface area (Å²) >= 11 is 12.3. The third-order valence-electron chi connectivity index (χ3n) is 3.57. The molecule has 0 saturated carbocycles. The summed E-state index contributed by atoms with van der Waals surface area (Å²) in [7, 11) is 0. The zero-order valence-corrected chi connectivity index (χ0v) is 15.0. The van der Waals surface area contributed by atoms with E-state index in [0.717, 1.165) is 11.3 Å². The highest BCUT2D eigenvalue weighted by molar-refractivity contribution is 6.39. The van der Waals surface area contributed by atoms with Gasteiger partial charge in [-0.15, -0.1) is 0 Å². The van der Waals surface area contributed by atoms with Crippen LogP contribution in [-0.2, 0) is 9.59 Å². The Morgan fingerprint density at radius 2 is 1.67 bits per heavy atom. The van der Waals surface area contributed by atoms with Crippen LogP contribution < -0.4 is 10.2 Å². The molecule has 0 unspecified atom stereocenters. The zero-order valence-electron chi connectivity index (χ0n) is 13.5. The number of hydrogen-bond acceptors (Lipinski definition) is 2. The van der Waals surface area contributed by atoms with Crippen LogP contribution in [-0.4, -0.2) is 18.4 Å². The van der Waals surface area contributed by atoms with Crippen LogP contribution >= 0.6 is 23.2 Å². The van der Waals surface area contributed by atoms with Gasteiger partial charge >= 0.3 is 0 Å². The third kappa shape index (κ3) is 4.49. The maximum Gasteiger partial charge on any atom is 0.226 e. The number of carbonyl (C=O) groups is 2. The van der Waals surface area contributed by atoms with E-state index < -0.39 is 0 Å². The van der Waals surface area contributed by atoms with Crippen molar-refractivity contribution in [1.29, 1.82) is 0 Å². The largest absolute Gasteiger partial charge is 0.326 e. The van der Waals surface area contributed by atoms with E-state index in [9.17, 15) is 9.59 Å². The predicted octanol–water partition coefficient (Wildman–Crippen LogP) is 4.68. The minimum Gasteiger partial charge on any atom is -0.326 e. The quantitative estimate of drug-likeness (QED) is 0.836. The van der Waals surface area contributed by atoms with E-state index in [-0.39, 0.29) is 24.8 Å². The van der Waals surface area contributed by atoms with Crippen LogP contribution in [0.5, 0.6) is 0 Å². The van der Waals surface area contributed by atoms with Gasteiger partial charge in [-0.2, -0.15) is 0 Å². The van der Waals surface area contributed by atoms with Gasteiger partial charge in [-0.1, -0.05) is 47.5 Å². The second kappa shape index (κ2) is 8.18. The van der Waals surface area contributed by atoms with Crippen molar-refractivity contribution in [3.63, 3.8) is 0 Å². The Kier molecular flexibility index (Phi) is 6.23. The number of hydrogen-bond donors (Lipinski definition) is 1. The SMILES string of the molecule is CC(=O)N(CCC(=O)Nc1ccccc1C)c1c(Cl)cccc1Cl. The van der Waals surface area contributed by atoms with Crippen molar-refractivity contribution in [2.45, 2.75) is 20.3 Å². The normalized spacial score (nSPS) is 10.3. The van der Waals surface area contributed by atoms with Crippen LogP contribution in [0.15, 0.2) is 42.5 Å². The molecule has 0 heterocycles. The van der Waals surface area contributed by atoms with Gasteiger partial charge in [0.15, 0.2) is 0 Å². The minimum absolute atomic E-state index is 0.134.